The summed E-state index contributed by atoms with van der Waals surface area (Å²) in [6.07, 6.45) is 0.101. The highest BCUT2D eigenvalue weighted by Gasteiger charge is 2.11. The normalized spacial score (nSPS) is 10.4. The third-order valence-electron chi connectivity index (χ3n) is 3.80. The van der Waals surface area contributed by atoms with Crippen molar-refractivity contribution in [3.63, 3.8) is 0 Å². The summed E-state index contributed by atoms with van der Waals surface area (Å²) in [6, 6.07) is 17.8. The molecule has 7 heteroatoms. The second-order valence-corrected chi connectivity index (χ2v) is 6.27. The van der Waals surface area contributed by atoms with Crippen molar-refractivity contribution in [2.75, 3.05) is 13.1 Å². The van der Waals surface area contributed by atoms with Gasteiger partial charge >= 0.3 is 0 Å². The molecular formula is C20H18ClN3O3. The number of aromatic nitrogens is 1. The van der Waals surface area contributed by atoms with E-state index < -0.39 is 0 Å². The summed E-state index contributed by atoms with van der Waals surface area (Å²) in [6.45, 7) is 0.674. The van der Waals surface area contributed by atoms with Crippen LogP contribution in [0.4, 0.5) is 0 Å². The van der Waals surface area contributed by atoms with Gasteiger partial charge in [-0.1, -0.05) is 35.0 Å². The second kappa shape index (κ2) is 9.00. The van der Waals surface area contributed by atoms with Gasteiger partial charge in [-0.3, -0.25) is 9.59 Å². The van der Waals surface area contributed by atoms with Gasteiger partial charge in [0.15, 0.2) is 5.76 Å². The van der Waals surface area contributed by atoms with Crippen molar-refractivity contribution in [3.05, 3.63) is 76.9 Å². The summed E-state index contributed by atoms with van der Waals surface area (Å²) < 4.78 is 5.27. The van der Waals surface area contributed by atoms with Crippen LogP contribution in [-0.4, -0.2) is 30.1 Å². The lowest BCUT2D eigenvalue weighted by molar-refractivity contribution is -0.120. The molecule has 0 unspecified atom stereocenters. The van der Waals surface area contributed by atoms with Gasteiger partial charge in [-0.15, -0.1) is 0 Å². The van der Waals surface area contributed by atoms with E-state index in [1.807, 2.05) is 18.2 Å². The van der Waals surface area contributed by atoms with Crippen LogP contribution in [0.5, 0.6) is 0 Å². The van der Waals surface area contributed by atoms with Crippen molar-refractivity contribution < 1.29 is 14.1 Å². The molecule has 0 aliphatic rings. The fraction of sp³-hybridized carbons (Fsp3) is 0.150. The van der Waals surface area contributed by atoms with E-state index in [9.17, 15) is 9.59 Å². The first-order valence-electron chi connectivity index (χ1n) is 8.43. The largest absolute Gasteiger partial charge is 0.356 e. The molecule has 2 amide bonds. The minimum absolute atomic E-state index is 0.101. The molecule has 3 rings (SSSR count). The number of nitrogens with one attached hydrogen (secondary N) is 2. The Morgan fingerprint density at radius 2 is 1.67 bits per heavy atom. The van der Waals surface area contributed by atoms with Crippen molar-refractivity contribution in [2.45, 2.75) is 6.42 Å². The highest BCUT2D eigenvalue weighted by molar-refractivity contribution is 6.30. The number of hydrogen-bond acceptors (Lipinski definition) is 4. The summed E-state index contributed by atoms with van der Waals surface area (Å²) in [5.41, 5.74) is 1.95. The van der Waals surface area contributed by atoms with Crippen LogP contribution in [0.1, 0.15) is 16.1 Å². The highest BCUT2D eigenvalue weighted by Crippen LogP contribution is 2.22. The molecule has 1 heterocycles. The molecule has 3 aromatic rings. The fourth-order valence-electron chi connectivity index (χ4n) is 2.44. The zero-order chi connectivity index (χ0) is 19.1. The Balaban J connectivity index is 1.42. The predicted octanol–water partition coefficient (Wildman–Crippen LogP) is 3.08. The van der Waals surface area contributed by atoms with Crippen molar-refractivity contribution in [1.29, 1.82) is 0 Å². The first kappa shape index (κ1) is 18.7. The molecule has 0 radical (unpaired) electrons. The van der Waals surface area contributed by atoms with Crippen molar-refractivity contribution >= 4 is 23.4 Å². The minimum Gasteiger partial charge on any atom is -0.356 e. The maximum atomic E-state index is 12.0. The monoisotopic (exact) mass is 383 g/mol. The lowest BCUT2D eigenvalue weighted by atomic mass is 10.1. The van der Waals surface area contributed by atoms with E-state index >= 15 is 0 Å². The molecule has 2 aromatic carbocycles. The maximum Gasteiger partial charge on any atom is 0.251 e. The molecule has 0 saturated carbocycles. The van der Waals surface area contributed by atoms with Crippen molar-refractivity contribution in [2.24, 2.45) is 0 Å². The third-order valence-corrected chi connectivity index (χ3v) is 4.05. The molecule has 138 valence electrons. The first-order valence-corrected chi connectivity index (χ1v) is 8.81. The van der Waals surface area contributed by atoms with Gasteiger partial charge in [0.05, 0.1) is 12.1 Å². The van der Waals surface area contributed by atoms with E-state index in [2.05, 4.69) is 15.8 Å². The lowest BCUT2D eigenvalue weighted by Gasteiger charge is -2.06. The second-order valence-electron chi connectivity index (χ2n) is 5.84. The van der Waals surface area contributed by atoms with Crippen LogP contribution < -0.4 is 10.6 Å². The summed E-state index contributed by atoms with van der Waals surface area (Å²) in [7, 11) is 0. The maximum absolute atomic E-state index is 12.0. The molecule has 0 spiro atoms. The predicted molar refractivity (Wildman–Crippen MR) is 102 cm³/mol. The van der Waals surface area contributed by atoms with Crippen molar-refractivity contribution in [1.82, 2.24) is 15.8 Å². The molecule has 1 aromatic heterocycles. The average molecular weight is 384 g/mol. The van der Waals surface area contributed by atoms with Crippen LogP contribution in [0.15, 0.2) is 65.2 Å². The van der Waals surface area contributed by atoms with Crippen LogP contribution in [0, 0.1) is 0 Å². The van der Waals surface area contributed by atoms with E-state index in [0.29, 0.717) is 35.1 Å². The Hall–Kier alpha value is -3.12. The van der Waals surface area contributed by atoms with E-state index in [-0.39, 0.29) is 18.2 Å². The van der Waals surface area contributed by atoms with Gasteiger partial charge in [0, 0.05) is 35.3 Å². The van der Waals surface area contributed by atoms with Gasteiger partial charge in [-0.25, -0.2) is 0 Å². The van der Waals surface area contributed by atoms with Gasteiger partial charge in [0.2, 0.25) is 5.91 Å². The molecule has 0 fully saturated rings. The number of benzene rings is 2. The van der Waals surface area contributed by atoms with E-state index in [1.54, 1.807) is 42.5 Å². The third kappa shape index (κ3) is 5.43. The van der Waals surface area contributed by atoms with Crippen LogP contribution in [-0.2, 0) is 11.2 Å². The van der Waals surface area contributed by atoms with Gasteiger partial charge in [-0.05, 0) is 36.4 Å². The van der Waals surface area contributed by atoms with Gasteiger partial charge in [-0.2, -0.15) is 0 Å². The quantitative estimate of drug-likeness (QED) is 0.614. The van der Waals surface area contributed by atoms with Crippen LogP contribution in [0.3, 0.4) is 0 Å². The zero-order valence-electron chi connectivity index (χ0n) is 14.4. The Morgan fingerprint density at radius 1 is 0.963 bits per heavy atom. The smallest absolute Gasteiger partial charge is 0.251 e. The van der Waals surface area contributed by atoms with Crippen LogP contribution >= 0.6 is 11.6 Å². The van der Waals surface area contributed by atoms with Crippen LogP contribution in [0.25, 0.3) is 11.3 Å². The van der Waals surface area contributed by atoms with Gasteiger partial charge < -0.3 is 15.2 Å². The fourth-order valence-corrected chi connectivity index (χ4v) is 2.57. The standard InChI is InChI=1S/C20H18ClN3O3/c21-16-8-6-14(7-9-16)18-12-17(24-27-18)13-19(25)22-10-11-23-20(26)15-4-2-1-3-5-15/h1-9,12H,10-11,13H2,(H,22,25)(H,23,26). The Labute approximate surface area is 161 Å². The molecule has 0 atom stereocenters. The summed E-state index contributed by atoms with van der Waals surface area (Å²) in [5.74, 6) is 0.207. The molecular weight excluding hydrogens is 366 g/mol. The SMILES string of the molecule is O=C(Cc1cc(-c2ccc(Cl)cc2)on1)NCCNC(=O)c1ccccc1. The highest BCUT2D eigenvalue weighted by atomic mass is 35.5. The Morgan fingerprint density at radius 3 is 2.41 bits per heavy atom. The minimum atomic E-state index is -0.195. The van der Waals surface area contributed by atoms with E-state index in [4.69, 9.17) is 16.1 Å². The van der Waals surface area contributed by atoms with Gasteiger partial charge in [0.25, 0.3) is 5.91 Å². The number of carbonyl (C=O) groups is 2. The number of halogens is 1. The molecule has 0 bridgehead atoms. The molecule has 0 aliphatic carbocycles. The Bertz CT molecular complexity index is 908. The zero-order valence-corrected chi connectivity index (χ0v) is 15.2. The molecule has 27 heavy (non-hydrogen) atoms. The van der Waals surface area contributed by atoms with E-state index in [1.165, 1.54) is 0 Å². The number of rotatable bonds is 7. The number of amides is 2. The molecule has 2 N–H and O–H groups in total. The van der Waals surface area contributed by atoms with Gasteiger partial charge in [0.1, 0.15) is 0 Å². The summed E-state index contributed by atoms with van der Waals surface area (Å²) in [4.78, 5) is 23.9. The summed E-state index contributed by atoms with van der Waals surface area (Å²) >= 11 is 5.86. The van der Waals surface area contributed by atoms with Crippen LogP contribution in [0.2, 0.25) is 5.02 Å². The number of carbonyl (C=O) groups excluding carboxylic acids is 2. The average Bonchev–Trinajstić information content (AvgIpc) is 3.14. The topological polar surface area (TPSA) is 84.2 Å². The number of nitrogens with zero attached hydrogens (tertiary/aromatic N) is 1. The Kier molecular flexibility index (Phi) is 6.22. The summed E-state index contributed by atoms with van der Waals surface area (Å²) in [5, 5.41) is 10.0. The first-order chi connectivity index (χ1) is 13.1. The van der Waals surface area contributed by atoms with E-state index in [0.717, 1.165) is 5.56 Å². The molecule has 0 aliphatic heterocycles. The molecule has 6 nitrogen and oxygen atoms in total. The van der Waals surface area contributed by atoms with Crippen molar-refractivity contribution in [3.8, 4) is 11.3 Å². The number of hydrogen-bond donors (Lipinski definition) is 2. The molecule has 0 saturated heterocycles. The lowest BCUT2D eigenvalue weighted by Crippen LogP contribution is -2.35.